The van der Waals surface area contributed by atoms with Crippen molar-refractivity contribution >= 4 is 17.5 Å². The van der Waals surface area contributed by atoms with Crippen molar-refractivity contribution in [3.8, 4) is 5.75 Å². The van der Waals surface area contributed by atoms with E-state index in [-0.39, 0.29) is 12.5 Å². The number of hydrogen-bond donors (Lipinski definition) is 1. The molecule has 2 rings (SSSR count). The molecule has 1 aliphatic rings. The monoisotopic (exact) mass is 311 g/mol. The fourth-order valence-electron chi connectivity index (χ4n) is 2.59. The summed E-state index contributed by atoms with van der Waals surface area (Å²) in [6, 6.07) is 7.75. The van der Waals surface area contributed by atoms with Crippen LogP contribution in [0.2, 0.25) is 5.02 Å². The molecular weight excluding hydrogens is 288 g/mol. The highest BCUT2D eigenvalue weighted by atomic mass is 35.5. The lowest BCUT2D eigenvalue weighted by molar-refractivity contribution is -0.927. The molecule has 0 bridgehead atoms. The number of benzene rings is 1. The Kier molecular flexibility index (Phi) is 5.88. The van der Waals surface area contributed by atoms with E-state index in [1.54, 1.807) is 29.2 Å². The Bertz CT molecular complexity index is 456. The predicted molar refractivity (Wildman–Crippen MR) is 84.0 cm³/mol. The normalized spacial score (nSPS) is 17.6. The fraction of sp³-hybridized carbons (Fsp3) is 0.562. The standard InChI is InChI=1S/C16H23ClN2O2/c1-3-13(2)18-8-10-19(11-9-18)16(20)12-21-15-6-4-14(17)5-7-15/h4-7,13H,3,8-12H2,1-2H3/p+1/t13-/m1/s1. The van der Waals surface area contributed by atoms with E-state index in [0.717, 1.165) is 26.2 Å². The molecule has 1 aliphatic heterocycles. The molecule has 1 saturated heterocycles. The molecular formula is C16H24ClN2O2+. The molecule has 0 aliphatic carbocycles. The summed E-state index contributed by atoms with van der Waals surface area (Å²) in [5.74, 6) is 0.741. The summed E-state index contributed by atoms with van der Waals surface area (Å²) in [5, 5.41) is 0.665. The number of hydrogen-bond acceptors (Lipinski definition) is 2. The minimum Gasteiger partial charge on any atom is -0.484 e. The zero-order valence-corrected chi connectivity index (χ0v) is 13.5. The Morgan fingerprint density at radius 2 is 1.95 bits per heavy atom. The third-order valence-corrected chi connectivity index (χ3v) is 4.50. The first-order valence-corrected chi connectivity index (χ1v) is 7.98. The van der Waals surface area contributed by atoms with Crippen LogP contribution in [0.15, 0.2) is 24.3 Å². The largest absolute Gasteiger partial charge is 0.484 e. The minimum atomic E-state index is 0.0631. The van der Waals surface area contributed by atoms with Gasteiger partial charge in [0.1, 0.15) is 5.75 Å². The molecule has 1 fully saturated rings. The maximum Gasteiger partial charge on any atom is 0.260 e. The van der Waals surface area contributed by atoms with E-state index in [0.29, 0.717) is 16.8 Å². The van der Waals surface area contributed by atoms with Crippen LogP contribution in [0.3, 0.4) is 0 Å². The van der Waals surface area contributed by atoms with Crippen molar-refractivity contribution in [2.45, 2.75) is 26.3 Å². The first-order valence-electron chi connectivity index (χ1n) is 7.61. The molecule has 1 atom stereocenters. The Hall–Kier alpha value is -1.26. The maximum absolute atomic E-state index is 12.2. The quantitative estimate of drug-likeness (QED) is 0.888. The van der Waals surface area contributed by atoms with Gasteiger partial charge in [-0.15, -0.1) is 0 Å². The van der Waals surface area contributed by atoms with Gasteiger partial charge in [-0.05, 0) is 37.6 Å². The van der Waals surface area contributed by atoms with Gasteiger partial charge in [-0.3, -0.25) is 4.79 Å². The smallest absolute Gasteiger partial charge is 0.260 e. The Morgan fingerprint density at radius 1 is 1.33 bits per heavy atom. The van der Waals surface area contributed by atoms with Crippen LogP contribution < -0.4 is 9.64 Å². The molecule has 1 aromatic carbocycles. The number of nitrogens with zero attached hydrogens (tertiary/aromatic N) is 1. The second-order valence-electron chi connectivity index (χ2n) is 5.59. The van der Waals surface area contributed by atoms with Crippen LogP contribution in [0.25, 0.3) is 0 Å². The van der Waals surface area contributed by atoms with Crippen molar-refractivity contribution in [2.75, 3.05) is 32.8 Å². The molecule has 4 nitrogen and oxygen atoms in total. The summed E-state index contributed by atoms with van der Waals surface area (Å²) >= 11 is 5.81. The van der Waals surface area contributed by atoms with Crippen LogP contribution in [-0.2, 0) is 4.79 Å². The number of carbonyl (C=O) groups excluding carboxylic acids is 1. The van der Waals surface area contributed by atoms with E-state index in [1.807, 2.05) is 4.90 Å². The summed E-state index contributed by atoms with van der Waals surface area (Å²) in [6.07, 6.45) is 1.18. The van der Waals surface area contributed by atoms with Crippen molar-refractivity contribution in [3.63, 3.8) is 0 Å². The van der Waals surface area contributed by atoms with Gasteiger partial charge in [-0.1, -0.05) is 18.5 Å². The number of amides is 1. The molecule has 1 aromatic rings. The third-order valence-electron chi connectivity index (χ3n) is 4.24. The van der Waals surface area contributed by atoms with Gasteiger partial charge in [0.05, 0.1) is 32.2 Å². The van der Waals surface area contributed by atoms with E-state index < -0.39 is 0 Å². The lowest BCUT2D eigenvalue weighted by Crippen LogP contribution is -3.17. The molecule has 0 radical (unpaired) electrons. The highest BCUT2D eigenvalue weighted by Gasteiger charge is 2.26. The second kappa shape index (κ2) is 7.66. The Morgan fingerprint density at radius 3 is 2.52 bits per heavy atom. The van der Waals surface area contributed by atoms with Crippen molar-refractivity contribution in [2.24, 2.45) is 0 Å². The van der Waals surface area contributed by atoms with Gasteiger partial charge in [0.2, 0.25) is 0 Å². The summed E-state index contributed by atoms with van der Waals surface area (Å²) in [7, 11) is 0. The number of ether oxygens (including phenoxy) is 1. The van der Waals surface area contributed by atoms with Gasteiger partial charge < -0.3 is 14.5 Å². The van der Waals surface area contributed by atoms with Gasteiger partial charge in [0, 0.05) is 5.02 Å². The average molecular weight is 312 g/mol. The number of piperazine rings is 1. The summed E-state index contributed by atoms with van der Waals surface area (Å²) in [5.41, 5.74) is 0. The first kappa shape index (κ1) is 16.1. The van der Waals surface area contributed by atoms with Gasteiger partial charge >= 0.3 is 0 Å². The molecule has 5 heteroatoms. The van der Waals surface area contributed by atoms with Gasteiger partial charge in [-0.2, -0.15) is 0 Å². The highest BCUT2D eigenvalue weighted by Crippen LogP contribution is 2.15. The van der Waals surface area contributed by atoms with Crippen LogP contribution in [0.4, 0.5) is 0 Å². The molecule has 0 aromatic heterocycles. The van der Waals surface area contributed by atoms with Crippen molar-refractivity contribution in [3.05, 3.63) is 29.3 Å². The highest BCUT2D eigenvalue weighted by molar-refractivity contribution is 6.30. The molecule has 0 spiro atoms. The Balaban J connectivity index is 1.76. The van der Waals surface area contributed by atoms with Crippen molar-refractivity contribution < 1.29 is 14.4 Å². The third kappa shape index (κ3) is 4.61. The van der Waals surface area contributed by atoms with Gasteiger partial charge in [-0.25, -0.2) is 0 Å². The molecule has 0 saturated carbocycles. The molecule has 1 heterocycles. The van der Waals surface area contributed by atoms with Gasteiger partial charge in [0.15, 0.2) is 6.61 Å². The number of nitrogens with one attached hydrogen (secondary N) is 1. The predicted octanol–water partition coefficient (Wildman–Crippen LogP) is 1.24. The Labute approximate surface area is 131 Å². The summed E-state index contributed by atoms with van der Waals surface area (Å²) < 4.78 is 5.51. The van der Waals surface area contributed by atoms with E-state index in [1.165, 1.54) is 6.42 Å². The van der Waals surface area contributed by atoms with Gasteiger partial charge in [0.25, 0.3) is 5.91 Å². The van der Waals surface area contributed by atoms with Crippen LogP contribution in [0, 0.1) is 0 Å². The number of quaternary nitrogens is 1. The zero-order valence-electron chi connectivity index (χ0n) is 12.8. The van der Waals surface area contributed by atoms with Crippen LogP contribution >= 0.6 is 11.6 Å². The molecule has 0 unspecified atom stereocenters. The van der Waals surface area contributed by atoms with Crippen LogP contribution in [-0.4, -0.2) is 49.6 Å². The summed E-state index contributed by atoms with van der Waals surface area (Å²) in [6.45, 7) is 8.29. The van der Waals surface area contributed by atoms with Crippen LogP contribution in [0.5, 0.6) is 5.75 Å². The molecule has 1 N–H and O–H groups in total. The van der Waals surface area contributed by atoms with E-state index in [4.69, 9.17) is 16.3 Å². The van der Waals surface area contributed by atoms with E-state index in [9.17, 15) is 4.79 Å². The zero-order chi connectivity index (χ0) is 15.2. The lowest BCUT2D eigenvalue weighted by atomic mass is 10.2. The molecule has 116 valence electrons. The topological polar surface area (TPSA) is 34.0 Å². The van der Waals surface area contributed by atoms with Crippen LogP contribution in [0.1, 0.15) is 20.3 Å². The number of halogens is 1. The molecule has 1 amide bonds. The van der Waals surface area contributed by atoms with E-state index in [2.05, 4.69) is 13.8 Å². The first-order chi connectivity index (χ1) is 10.1. The van der Waals surface area contributed by atoms with Crippen molar-refractivity contribution in [1.82, 2.24) is 4.90 Å². The fourth-order valence-corrected chi connectivity index (χ4v) is 2.72. The second-order valence-corrected chi connectivity index (χ2v) is 6.03. The maximum atomic E-state index is 12.2. The molecule has 21 heavy (non-hydrogen) atoms. The minimum absolute atomic E-state index is 0.0631. The SMILES string of the molecule is CC[C@@H](C)[NH+]1CCN(C(=O)COc2ccc(Cl)cc2)CC1. The number of carbonyl (C=O) groups is 1. The lowest BCUT2D eigenvalue weighted by Gasteiger charge is -2.35. The van der Waals surface area contributed by atoms with E-state index >= 15 is 0 Å². The summed E-state index contributed by atoms with van der Waals surface area (Å²) in [4.78, 5) is 15.7. The average Bonchev–Trinajstić information content (AvgIpc) is 2.53. The van der Waals surface area contributed by atoms with Crippen molar-refractivity contribution in [1.29, 1.82) is 0 Å². The number of rotatable bonds is 5.